The first-order valence-corrected chi connectivity index (χ1v) is 6.85. The van der Waals surface area contributed by atoms with Gasteiger partial charge in [-0.1, -0.05) is 37.6 Å². The van der Waals surface area contributed by atoms with Crippen LogP contribution in [0.15, 0.2) is 30.3 Å². The first kappa shape index (κ1) is 15.3. The molecule has 0 aliphatic heterocycles. The maximum atomic E-state index is 11.1. The molecule has 0 radical (unpaired) electrons. The Morgan fingerprint density at radius 3 is 2.62 bits per heavy atom. The summed E-state index contributed by atoms with van der Waals surface area (Å²) in [5.74, 6) is 0.682. The Balaban J connectivity index is 2.49. The van der Waals surface area contributed by atoms with E-state index in [-0.39, 0.29) is 22.6 Å². The summed E-state index contributed by atoms with van der Waals surface area (Å²) in [6, 6.07) is 8.41. The minimum Gasteiger partial charge on any atom is -0.433 e. The van der Waals surface area contributed by atoms with Gasteiger partial charge in [-0.25, -0.2) is 0 Å². The Bertz CT molecular complexity index is 687. The van der Waals surface area contributed by atoms with Crippen molar-refractivity contribution in [2.75, 3.05) is 0 Å². The van der Waals surface area contributed by atoms with Crippen molar-refractivity contribution in [3.05, 3.63) is 56.7 Å². The fourth-order valence-corrected chi connectivity index (χ4v) is 2.08. The topological polar surface area (TPSA) is 65.3 Å². The highest BCUT2D eigenvalue weighted by molar-refractivity contribution is 6.29. The van der Waals surface area contributed by atoms with Crippen molar-refractivity contribution in [2.24, 2.45) is 0 Å². The molecule has 0 unspecified atom stereocenters. The van der Waals surface area contributed by atoms with Crippen molar-refractivity contribution < 1.29 is 9.66 Å². The van der Waals surface area contributed by atoms with Gasteiger partial charge in [-0.15, -0.1) is 0 Å². The Hall–Kier alpha value is -2.14. The van der Waals surface area contributed by atoms with Crippen LogP contribution in [0.25, 0.3) is 0 Å². The number of pyridine rings is 1. The van der Waals surface area contributed by atoms with Crippen molar-refractivity contribution in [1.82, 2.24) is 4.98 Å². The van der Waals surface area contributed by atoms with Crippen LogP contribution in [0.5, 0.6) is 11.6 Å². The smallest absolute Gasteiger partial charge is 0.331 e. The lowest BCUT2D eigenvalue weighted by Gasteiger charge is -2.14. The number of halogens is 1. The van der Waals surface area contributed by atoms with Gasteiger partial charge in [-0.3, -0.25) is 10.1 Å². The van der Waals surface area contributed by atoms with Gasteiger partial charge in [0, 0.05) is 6.07 Å². The largest absolute Gasteiger partial charge is 0.433 e. The molecule has 110 valence electrons. The Morgan fingerprint density at radius 2 is 2.00 bits per heavy atom. The normalized spacial score (nSPS) is 10.7. The lowest BCUT2D eigenvalue weighted by Crippen LogP contribution is -1.99. The molecule has 0 aliphatic rings. The highest BCUT2D eigenvalue weighted by Crippen LogP contribution is 2.35. The zero-order valence-electron chi connectivity index (χ0n) is 12.0. The molecule has 5 nitrogen and oxygen atoms in total. The molecule has 21 heavy (non-hydrogen) atoms. The van der Waals surface area contributed by atoms with Crippen LogP contribution in [0.3, 0.4) is 0 Å². The predicted molar refractivity (Wildman–Crippen MR) is 81.2 cm³/mol. The number of aromatic nitrogens is 1. The van der Waals surface area contributed by atoms with Gasteiger partial charge in [0.25, 0.3) is 0 Å². The third-order valence-corrected chi connectivity index (χ3v) is 3.21. The van der Waals surface area contributed by atoms with Crippen LogP contribution in [0.2, 0.25) is 5.15 Å². The Kier molecular flexibility index (Phi) is 4.43. The van der Waals surface area contributed by atoms with Gasteiger partial charge in [-0.05, 0) is 36.1 Å². The number of hydrogen-bond acceptors (Lipinski definition) is 4. The first-order valence-electron chi connectivity index (χ1n) is 6.48. The molecule has 0 spiro atoms. The summed E-state index contributed by atoms with van der Waals surface area (Å²) in [5, 5.41) is 11.2. The number of nitro groups is 1. The molecule has 0 fully saturated rings. The van der Waals surface area contributed by atoms with E-state index in [1.807, 2.05) is 39.0 Å². The second-order valence-electron chi connectivity index (χ2n) is 5.01. The number of rotatable bonds is 4. The average Bonchev–Trinajstić information content (AvgIpc) is 2.38. The summed E-state index contributed by atoms with van der Waals surface area (Å²) in [6.45, 7) is 5.98. The summed E-state index contributed by atoms with van der Waals surface area (Å²) < 4.78 is 5.69. The number of nitrogens with zero attached hydrogens (tertiary/aromatic N) is 2. The van der Waals surface area contributed by atoms with E-state index in [0.29, 0.717) is 5.75 Å². The predicted octanol–water partition coefficient (Wildman–Crippen LogP) is 4.87. The minimum absolute atomic E-state index is 0.0972. The molecule has 0 N–H and O–H groups in total. The van der Waals surface area contributed by atoms with Gasteiger partial charge in [-0.2, -0.15) is 4.98 Å². The minimum atomic E-state index is -0.538. The molecule has 1 aromatic heterocycles. The molecule has 0 saturated carbocycles. The summed E-state index contributed by atoms with van der Waals surface area (Å²) in [4.78, 5) is 14.4. The van der Waals surface area contributed by atoms with Gasteiger partial charge >= 0.3 is 11.6 Å². The summed E-state index contributed by atoms with van der Waals surface area (Å²) in [5.41, 5.74) is 1.74. The van der Waals surface area contributed by atoms with Crippen molar-refractivity contribution in [2.45, 2.75) is 26.7 Å². The molecule has 0 bridgehead atoms. The Labute approximate surface area is 127 Å². The highest BCUT2D eigenvalue weighted by atomic mass is 35.5. The van der Waals surface area contributed by atoms with E-state index in [9.17, 15) is 10.1 Å². The van der Waals surface area contributed by atoms with E-state index >= 15 is 0 Å². The fraction of sp³-hybridized carbons (Fsp3) is 0.267. The second kappa shape index (κ2) is 6.10. The molecule has 6 heteroatoms. The van der Waals surface area contributed by atoms with Gasteiger partial charge in [0.15, 0.2) is 0 Å². The average molecular weight is 307 g/mol. The molecule has 1 aromatic carbocycles. The number of ether oxygens (including phenoxy) is 1. The monoisotopic (exact) mass is 306 g/mol. The molecular formula is C15H15ClN2O3. The highest BCUT2D eigenvalue weighted by Gasteiger charge is 2.20. The third kappa shape index (κ3) is 3.49. The zero-order chi connectivity index (χ0) is 15.6. The summed E-state index contributed by atoms with van der Waals surface area (Å²) >= 11 is 5.81. The van der Waals surface area contributed by atoms with Crippen LogP contribution < -0.4 is 4.74 Å². The van der Waals surface area contributed by atoms with Crippen molar-refractivity contribution >= 4 is 17.3 Å². The van der Waals surface area contributed by atoms with Gasteiger partial charge in [0.05, 0.1) is 4.92 Å². The fourth-order valence-electron chi connectivity index (χ4n) is 1.94. The molecular weight excluding hydrogens is 292 g/mol. The SMILES string of the molecule is Cc1ccc(C(C)C)c(Oc2nc(Cl)ccc2[N+](=O)[O-])c1. The summed E-state index contributed by atoms with van der Waals surface area (Å²) in [6.07, 6.45) is 0. The Morgan fingerprint density at radius 1 is 1.29 bits per heavy atom. The second-order valence-corrected chi connectivity index (χ2v) is 5.40. The lowest BCUT2D eigenvalue weighted by molar-refractivity contribution is -0.386. The maximum absolute atomic E-state index is 11.1. The number of benzene rings is 1. The third-order valence-electron chi connectivity index (χ3n) is 3.00. The van der Waals surface area contributed by atoms with Gasteiger partial charge in [0.1, 0.15) is 10.9 Å². The van der Waals surface area contributed by atoms with E-state index in [4.69, 9.17) is 16.3 Å². The van der Waals surface area contributed by atoms with E-state index in [1.165, 1.54) is 12.1 Å². The zero-order valence-corrected chi connectivity index (χ0v) is 12.7. The van der Waals surface area contributed by atoms with Crippen molar-refractivity contribution in [3.63, 3.8) is 0 Å². The first-order chi connectivity index (χ1) is 9.88. The number of hydrogen-bond donors (Lipinski definition) is 0. The maximum Gasteiger partial charge on any atom is 0.331 e. The quantitative estimate of drug-likeness (QED) is 0.459. The van der Waals surface area contributed by atoms with E-state index < -0.39 is 4.92 Å². The van der Waals surface area contributed by atoms with Gasteiger partial charge in [0.2, 0.25) is 0 Å². The van der Waals surface area contributed by atoms with Crippen LogP contribution in [-0.2, 0) is 0 Å². The number of aryl methyl sites for hydroxylation is 1. The van der Waals surface area contributed by atoms with Crippen LogP contribution in [0.1, 0.15) is 30.9 Å². The van der Waals surface area contributed by atoms with Gasteiger partial charge < -0.3 is 4.74 Å². The van der Waals surface area contributed by atoms with Crippen LogP contribution in [-0.4, -0.2) is 9.91 Å². The van der Waals surface area contributed by atoms with Crippen molar-refractivity contribution in [3.8, 4) is 11.6 Å². The molecule has 2 rings (SSSR count). The van der Waals surface area contributed by atoms with Crippen LogP contribution in [0.4, 0.5) is 5.69 Å². The van der Waals surface area contributed by atoms with Crippen molar-refractivity contribution in [1.29, 1.82) is 0 Å². The van der Waals surface area contributed by atoms with E-state index in [0.717, 1.165) is 11.1 Å². The van der Waals surface area contributed by atoms with Crippen LogP contribution in [0, 0.1) is 17.0 Å². The molecule has 0 aliphatic carbocycles. The summed E-state index contributed by atoms with van der Waals surface area (Å²) in [7, 11) is 0. The molecule has 0 amide bonds. The molecule has 0 saturated heterocycles. The molecule has 2 aromatic rings. The molecule has 1 heterocycles. The van der Waals surface area contributed by atoms with E-state index in [2.05, 4.69) is 4.98 Å². The van der Waals surface area contributed by atoms with E-state index in [1.54, 1.807) is 0 Å². The lowest BCUT2D eigenvalue weighted by atomic mass is 10.0. The standard InChI is InChI=1S/C15H15ClN2O3/c1-9(2)11-5-4-10(3)8-13(11)21-15-12(18(19)20)6-7-14(16)17-15/h4-9H,1-3H3. The van der Waals surface area contributed by atoms with Crippen LogP contribution >= 0.6 is 11.6 Å². The molecule has 0 atom stereocenters.